The first kappa shape index (κ1) is 16.4. The van der Waals surface area contributed by atoms with Gasteiger partial charge in [0.05, 0.1) is 11.1 Å². The zero-order valence-corrected chi connectivity index (χ0v) is 15.7. The lowest BCUT2D eigenvalue weighted by molar-refractivity contribution is 0.0674. The number of ether oxygens (including phenoxy) is 2. The van der Waals surface area contributed by atoms with Crippen LogP contribution in [0.2, 0.25) is 0 Å². The monoisotopic (exact) mass is 399 g/mol. The fourth-order valence-electron chi connectivity index (χ4n) is 3.05. The first-order chi connectivity index (χ1) is 12.0. The van der Waals surface area contributed by atoms with Gasteiger partial charge in [0.15, 0.2) is 5.76 Å². The summed E-state index contributed by atoms with van der Waals surface area (Å²) in [6, 6.07) is 11.8. The molecule has 0 aliphatic carbocycles. The number of Topliss-reactive ketones (excluding diaryl/α,β-unsaturated/α-hetero) is 1. The molecule has 0 atom stereocenters. The molecule has 2 aliphatic heterocycles. The summed E-state index contributed by atoms with van der Waals surface area (Å²) >= 11 is 3.45. The second-order valence-corrected chi connectivity index (χ2v) is 7.44. The van der Waals surface area contributed by atoms with Crippen LogP contribution in [-0.2, 0) is 6.54 Å². The molecule has 0 amide bonds. The molecule has 2 aromatic rings. The van der Waals surface area contributed by atoms with Crippen LogP contribution in [0, 0.1) is 0 Å². The Kier molecular flexibility index (Phi) is 4.13. The Morgan fingerprint density at radius 1 is 1.24 bits per heavy atom. The predicted molar refractivity (Wildman–Crippen MR) is 99.7 cm³/mol. The Hall–Kier alpha value is -2.11. The van der Waals surface area contributed by atoms with Gasteiger partial charge in [0.2, 0.25) is 5.78 Å². The second kappa shape index (κ2) is 6.32. The smallest absolute Gasteiger partial charge is 0.231 e. The largest absolute Gasteiger partial charge is 0.478 e. The summed E-state index contributed by atoms with van der Waals surface area (Å²) in [6.07, 6.45) is 1.78. The van der Waals surface area contributed by atoms with Crippen molar-refractivity contribution in [2.24, 2.45) is 0 Å². The van der Waals surface area contributed by atoms with Gasteiger partial charge in [-0.15, -0.1) is 0 Å². The fraction of sp³-hybridized carbons (Fsp3) is 0.250. The molecule has 0 N–H and O–H groups in total. The van der Waals surface area contributed by atoms with Crippen molar-refractivity contribution in [2.45, 2.75) is 26.4 Å². The van der Waals surface area contributed by atoms with Gasteiger partial charge in [-0.1, -0.05) is 28.1 Å². The van der Waals surface area contributed by atoms with E-state index in [0.717, 1.165) is 21.3 Å². The molecule has 0 unspecified atom stereocenters. The van der Waals surface area contributed by atoms with Crippen molar-refractivity contribution in [3.8, 4) is 11.5 Å². The molecule has 0 radical (unpaired) electrons. The van der Waals surface area contributed by atoms with E-state index in [9.17, 15) is 4.79 Å². The van der Waals surface area contributed by atoms with Crippen LogP contribution in [-0.4, -0.2) is 23.5 Å². The summed E-state index contributed by atoms with van der Waals surface area (Å²) in [5.41, 5.74) is 2.47. The molecule has 25 heavy (non-hydrogen) atoms. The molecule has 2 heterocycles. The number of hydrogen-bond acceptors (Lipinski definition) is 4. The van der Waals surface area contributed by atoms with Gasteiger partial charge >= 0.3 is 0 Å². The van der Waals surface area contributed by atoms with Gasteiger partial charge in [-0.3, -0.25) is 9.69 Å². The van der Waals surface area contributed by atoms with E-state index in [0.29, 0.717) is 36.4 Å². The summed E-state index contributed by atoms with van der Waals surface area (Å²) in [7, 11) is 0. The SMILES string of the molecule is CC(C)N1COc2ccc3c(c2C1)O/C(=C\c1cccc(Br)c1)C3=O. The van der Waals surface area contributed by atoms with E-state index in [2.05, 4.69) is 34.7 Å². The Morgan fingerprint density at radius 3 is 2.84 bits per heavy atom. The Morgan fingerprint density at radius 2 is 2.08 bits per heavy atom. The summed E-state index contributed by atoms with van der Waals surface area (Å²) in [6.45, 7) is 5.52. The second-order valence-electron chi connectivity index (χ2n) is 6.53. The molecule has 4 nitrogen and oxygen atoms in total. The van der Waals surface area contributed by atoms with Crippen LogP contribution in [0.5, 0.6) is 11.5 Å². The number of carbonyl (C=O) groups is 1. The van der Waals surface area contributed by atoms with Crippen LogP contribution in [0.25, 0.3) is 6.08 Å². The van der Waals surface area contributed by atoms with Gasteiger partial charge < -0.3 is 9.47 Å². The zero-order valence-electron chi connectivity index (χ0n) is 14.1. The molecule has 0 fully saturated rings. The third kappa shape index (κ3) is 2.98. The molecule has 0 bridgehead atoms. The van der Waals surface area contributed by atoms with Gasteiger partial charge in [-0.2, -0.15) is 0 Å². The van der Waals surface area contributed by atoms with Crippen molar-refractivity contribution in [3.63, 3.8) is 0 Å². The molecular weight excluding hydrogens is 382 g/mol. The summed E-state index contributed by atoms with van der Waals surface area (Å²) in [5.74, 6) is 1.70. The van der Waals surface area contributed by atoms with Crippen LogP contribution >= 0.6 is 15.9 Å². The van der Waals surface area contributed by atoms with Crippen molar-refractivity contribution in [1.29, 1.82) is 0 Å². The maximum atomic E-state index is 12.7. The zero-order chi connectivity index (χ0) is 17.6. The van der Waals surface area contributed by atoms with E-state index in [1.54, 1.807) is 12.1 Å². The predicted octanol–water partition coefficient (Wildman–Crippen LogP) is 4.63. The van der Waals surface area contributed by atoms with E-state index in [-0.39, 0.29) is 5.78 Å². The van der Waals surface area contributed by atoms with Gasteiger partial charge in [-0.25, -0.2) is 0 Å². The molecule has 4 rings (SSSR count). The summed E-state index contributed by atoms with van der Waals surface area (Å²) < 4.78 is 12.8. The van der Waals surface area contributed by atoms with Crippen molar-refractivity contribution >= 4 is 27.8 Å². The molecule has 0 saturated carbocycles. The lowest BCUT2D eigenvalue weighted by Gasteiger charge is -2.32. The van der Waals surface area contributed by atoms with Crippen molar-refractivity contribution in [3.05, 3.63) is 63.3 Å². The number of ketones is 1. The molecular formula is C20H18BrNO3. The van der Waals surface area contributed by atoms with E-state index in [1.807, 2.05) is 30.3 Å². The Balaban J connectivity index is 1.71. The van der Waals surface area contributed by atoms with Crippen LogP contribution in [0.4, 0.5) is 0 Å². The number of carbonyl (C=O) groups excluding carboxylic acids is 1. The van der Waals surface area contributed by atoms with Crippen molar-refractivity contribution in [2.75, 3.05) is 6.73 Å². The highest BCUT2D eigenvalue weighted by Gasteiger charge is 2.33. The fourth-order valence-corrected chi connectivity index (χ4v) is 3.47. The van der Waals surface area contributed by atoms with E-state index in [4.69, 9.17) is 9.47 Å². The van der Waals surface area contributed by atoms with Crippen LogP contribution in [0.15, 0.2) is 46.6 Å². The number of allylic oxidation sites excluding steroid dienone is 1. The van der Waals surface area contributed by atoms with Crippen LogP contribution in [0.3, 0.4) is 0 Å². The van der Waals surface area contributed by atoms with Crippen LogP contribution < -0.4 is 9.47 Å². The number of fused-ring (bicyclic) bond motifs is 3. The quantitative estimate of drug-likeness (QED) is 0.690. The minimum absolute atomic E-state index is 0.0838. The van der Waals surface area contributed by atoms with E-state index in [1.165, 1.54) is 0 Å². The molecule has 0 aromatic heterocycles. The number of benzene rings is 2. The summed E-state index contributed by atoms with van der Waals surface area (Å²) in [5, 5.41) is 0. The minimum Gasteiger partial charge on any atom is -0.478 e. The first-order valence-corrected chi connectivity index (χ1v) is 9.05. The van der Waals surface area contributed by atoms with E-state index < -0.39 is 0 Å². The number of hydrogen-bond donors (Lipinski definition) is 0. The van der Waals surface area contributed by atoms with Gasteiger partial charge in [0.25, 0.3) is 0 Å². The van der Waals surface area contributed by atoms with Crippen molar-refractivity contribution in [1.82, 2.24) is 4.90 Å². The van der Waals surface area contributed by atoms with Crippen molar-refractivity contribution < 1.29 is 14.3 Å². The highest BCUT2D eigenvalue weighted by atomic mass is 79.9. The van der Waals surface area contributed by atoms with Crippen LogP contribution in [0.1, 0.15) is 35.3 Å². The topological polar surface area (TPSA) is 38.8 Å². The average Bonchev–Trinajstić information content (AvgIpc) is 2.91. The first-order valence-electron chi connectivity index (χ1n) is 8.25. The molecule has 0 saturated heterocycles. The Bertz CT molecular complexity index is 889. The van der Waals surface area contributed by atoms with Gasteiger partial charge in [-0.05, 0) is 49.8 Å². The molecule has 5 heteroatoms. The number of halogens is 1. The maximum absolute atomic E-state index is 12.7. The van der Waals surface area contributed by atoms with Gasteiger partial charge in [0, 0.05) is 17.1 Å². The minimum atomic E-state index is -0.0838. The third-order valence-corrected chi connectivity index (χ3v) is 5.02. The molecule has 2 aliphatic rings. The lowest BCUT2D eigenvalue weighted by Crippen LogP contribution is -2.37. The lowest BCUT2D eigenvalue weighted by atomic mass is 10.0. The van der Waals surface area contributed by atoms with E-state index >= 15 is 0 Å². The molecule has 2 aromatic carbocycles. The summed E-state index contributed by atoms with van der Waals surface area (Å²) in [4.78, 5) is 14.9. The Labute approximate surface area is 155 Å². The highest BCUT2D eigenvalue weighted by molar-refractivity contribution is 9.10. The maximum Gasteiger partial charge on any atom is 0.231 e. The normalized spacial score (nSPS) is 18.1. The molecule has 0 spiro atoms. The average molecular weight is 400 g/mol. The number of rotatable bonds is 2. The number of nitrogens with zero attached hydrogens (tertiary/aromatic N) is 1. The van der Waals surface area contributed by atoms with Gasteiger partial charge in [0.1, 0.15) is 18.2 Å². The molecule has 128 valence electrons. The highest BCUT2D eigenvalue weighted by Crippen LogP contribution is 2.42. The third-order valence-electron chi connectivity index (χ3n) is 4.52. The standard InChI is InChI=1S/C20H18BrNO3/c1-12(2)22-10-16-17(24-11-22)7-6-15-19(23)18(25-20(15)16)9-13-4-3-5-14(21)8-13/h3-9,12H,10-11H2,1-2H3/b18-9-.